The molecule has 4 rings (SSSR count). The lowest BCUT2D eigenvalue weighted by Crippen LogP contribution is -2.50. The molecular formula is C18H23F4N7. The van der Waals surface area contributed by atoms with E-state index in [4.69, 9.17) is 5.73 Å². The number of rotatable bonds is 4. The van der Waals surface area contributed by atoms with Crippen molar-refractivity contribution >= 4 is 11.9 Å². The summed E-state index contributed by atoms with van der Waals surface area (Å²) in [6, 6.07) is 1.14. The van der Waals surface area contributed by atoms with E-state index in [-0.39, 0.29) is 81.2 Å². The zero-order chi connectivity index (χ0) is 20.6. The smallest absolute Gasteiger partial charge is 0.248 e. The molecule has 2 aromatic rings. The minimum absolute atomic E-state index is 0.0275. The molecule has 0 spiro atoms. The number of hydrogen-bond acceptors (Lipinski definition) is 6. The van der Waals surface area contributed by atoms with Crippen LogP contribution in [0.4, 0.5) is 29.5 Å². The molecule has 3 N–H and O–H groups in total. The fourth-order valence-corrected chi connectivity index (χ4v) is 4.23. The van der Waals surface area contributed by atoms with Gasteiger partial charge in [0.1, 0.15) is 5.69 Å². The highest BCUT2D eigenvalue weighted by molar-refractivity contribution is 5.53. The van der Waals surface area contributed by atoms with Crippen LogP contribution < -0.4 is 10.6 Å². The number of hydrogen-bond donors (Lipinski definition) is 2. The summed E-state index contributed by atoms with van der Waals surface area (Å²) in [4.78, 5) is 14.6. The van der Waals surface area contributed by atoms with Crippen molar-refractivity contribution in [1.29, 1.82) is 0 Å². The number of H-pyrrole nitrogens is 1. The second-order valence-electron chi connectivity index (χ2n) is 7.86. The third-order valence-corrected chi connectivity index (χ3v) is 5.76. The van der Waals surface area contributed by atoms with Gasteiger partial charge >= 0.3 is 0 Å². The van der Waals surface area contributed by atoms with Crippen LogP contribution in [-0.2, 0) is 0 Å². The number of nitrogens with two attached hydrogens (primary N) is 1. The summed E-state index contributed by atoms with van der Waals surface area (Å²) in [7, 11) is 0. The van der Waals surface area contributed by atoms with Crippen molar-refractivity contribution in [2.45, 2.75) is 75.3 Å². The van der Waals surface area contributed by atoms with Gasteiger partial charge < -0.3 is 10.6 Å². The molecule has 0 saturated heterocycles. The molecule has 2 saturated carbocycles. The maximum atomic E-state index is 13.7. The Hall–Kier alpha value is -2.46. The third kappa shape index (κ3) is 4.43. The second kappa shape index (κ2) is 7.42. The van der Waals surface area contributed by atoms with Crippen LogP contribution in [0, 0.1) is 0 Å². The van der Waals surface area contributed by atoms with E-state index < -0.39 is 11.8 Å². The topological polar surface area (TPSA) is 96.6 Å². The molecule has 11 heteroatoms. The SMILES string of the molecule is Nc1nc(-c2cc[nH]n2)nc(N(C2CCC(F)(F)CC2)C2CCC(F)(F)CC2)n1. The highest BCUT2D eigenvalue weighted by atomic mass is 19.3. The number of halogens is 4. The first-order chi connectivity index (χ1) is 13.7. The van der Waals surface area contributed by atoms with Crippen LogP contribution in [0.5, 0.6) is 0 Å². The Labute approximate surface area is 165 Å². The Morgan fingerprint density at radius 3 is 1.93 bits per heavy atom. The number of alkyl halides is 4. The molecule has 0 unspecified atom stereocenters. The van der Waals surface area contributed by atoms with Crippen molar-refractivity contribution in [3.63, 3.8) is 0 Å². The summed E-state index contributed by atoms with van der Waals surface area (Å²) < 4.78 is 54.8. The lowest BCUT2D eigenvalue weighted by molar-refractivity contribution is -0.0459. The number of nitrogens with one attached hydrogen (secondary N) is 1. The van der Waals surface area contributed by atoms with Gasteiger partial charge in [0, 0.05) is 44.0 Å². The van der Waals surface area contributed by atoms with E-state index in [1.165, 1.54) is 0 Å². The van der Waals surface area contributed by atoms with Crippen LogP contribution in [0.3, 0.4) is 0 Å². The first kappa shape index (κ1) is 19.8. The molecule has 2 aliphatic carbocycles. The summed E-state index contributed by atoms with van der Waals surface area (Å²) in [6.45, 7) is 0. The highest BCUT2D eigenvalue weighted by Crippen LogP contribution is 2.41. The van der Waals surface area contributed by atoms with Gasteiger partial charge in [0.05, 0.1) is 0 Å². The van der Waals surface area contributed by atoms with Gasteiger partial charge in [-0.05, 0) is 31.7 Å². The predicted octanol–water partition coefficient (Wildman–Crippen LogP) is 3.81. The Morgan fingerprint density at radius 2 is 1.45 bits per heavy atom. The summed E-state index contributed by atoms with van der Waals surface area (Å²) in [5.74, 6) is -4.93. The normalized spacial score (nSPS) is 22.5. The van der Waals surface area contributed by atoms with Gasteiger partial charge in [0.25, 0.3) is 0 Å². The molecule has 2 fully saturated rings. The molecule has 158 valence electrons. The van der Waals surface area contributed by atoms with Crippen molar-refractivity contribution in [1.82, 2.24) is 25.1 Å². The van der Waals surface area contributed by atoms with E-state index in [0.29, 0.717) is 5.69 Å². The number of anilines is 2. The van der Waals surface area contributed by atoms with Gasteiger partial charge in [0.15, 0.2) is 5.82 Å². The standard InChI is InChI=1S/C18H23F4N7/c19-17(20)6-1-11(2-7-17)29(12-3-8-18(21,22)9-4-12)16-26-14(25-15(23)27-16)13-5-10-24-28-13/h5,10-12H,1-4,6-9H2,(H,24,28)(H2,23,25,26,27). The Morgan fingerprint density at radius 1 is 0.897 bits per heavy atom. The summed E-state index contributed by atoms with van der Waals surface area (Å²) in [5.41, 5.74) is 6.35. The quantitative estimate of drug-likeness (QED) is 0.740. The average molecular weight is 413 g/mol. The average Bonchev–Trinajstić information content (AvgIpc) is 3.19. The van der Waals surface area contributed by atoms with Gasteiger partial charge in [0.2, 0.25) is 23.7 Å². The molecule has 2 aromatic heterocycles. The molecule has 0 amide bonds. The van der Waals surface area contributed by atoms with Crippen molar-refractivity contribution in [2.24, 2.45) is 0 Å². The molecule has 2 aliphatic rings. The van der Waals surface area contributed by atoms with Crippen LogP contribution in [0.2, 0.25) is 0 Å². The maximum absolute atomic E-state index is 13.7. The van der Waals surface area contributed by atoms with Crippen molar-refractivity contribution in [2.75, 3.05) is 10.6 Å². The number of nitrogen functional groups attached to an aromatic ring is 1. The fourth-order valence-electron chi connectivity index (χ4n) is 4.23. The van der Waals surface area contributed by atoms with Crippen LogP contribution >= 0.6 is 0 Å². The first-order valence-electron chi connectivity index (χ1n) is 9.78. The molecule has 0 aliphatic heterocycles. The molecule has 2 heterocycles. The van der Waals surface area contributed by atoms with E-state index in [1.807, 2.05) is 4.90 Å². The van der Waals surface area contributed by atoms with Gasteiger partial charge in [-0.2, -0.15) is 20.1 Å². The second-order valence-corrected chi connectivity index (χ2v) is 7.86. The third-order valence-electron chi connectivity index (χ3n) is 5.76. The molecule has 29 heavy (non-hydrogen) atoms. The van der Waals surface area contributed by atoms with Crippen molar-refractivity contribution in [3.05, 3.63) is 12.3 Å². The number of aromatic amines is 1. The van der Waals surface area contributed by atoms with Crippen molar-refractivity contribution in [3.8, 4) is 11.5 Å². The summed E-state index contributed by atoms with van der Waals surface area (Å²) in [5, 5.41) is 6.71. The van der Waals surface area contributed by atoms with Gasteiger partial charge in [-0.25, -0.2) is 17.6 Å². The molecular weight excluding hydrogens is 390 g/mol. The highest BCUT2D eigenvalue weighted by Gasteiger charge is 2.43. The van der Waals surface area contributed by atoms with Gasteiger partial charge in [-0.3, -0.25) is 5.10 Å². The van der Waals surface area contributed by atoms with E-state index >= 15 is 0 Å². The monoisotopic (exact) mass is 413 g/mol. The van der Waals surface area contributed by atoms with E-state index in [0.717, 1.165) is 0 Å². The Bertz CT molecular complexity index is 795. The fraction of sp³-hybridized carbons (Fsp3) is 0.667. The first-order valence-corrected chi connectivity index (χ1v) is 9.78. The molecule has 0 bridgehead atoms. The Balaban J connectivity index is 1.67. The molecule has 7 nitrogen and oxygen atoms in total. The zero-order valence-corrected chi connectivity index (χ0v) is 15.8. The van der Waals surface area contributed by atoms with Crippen LogP contribution in [0.25, 0.3) is 11.5 Å². The van der Waals surface area contributed by atoms with E-state index in [9.17, 15) is 17.6 Å². The van der Waals surface area contributed by atoms with Gasteiger partial charge in [-0.15, -0.1) is 0 Å². The summed E-state index contributed by atoms with van der Waals surface area (Å²) in [6.07, 6.45) is 1.58. The van der Waals surface area contributed by atoms with Crippen LogP contribution in [0.15, 0.2) is 12.3 Å². The predicted molar refractivity (Wildman–Crippen MR) is 98.7 cm³/mol. The maximum Gasteiger partial charge on any atom is 0.248 e. The molecule has 0 radical (unpaired) electrons. The lowest BCUT2D eigenvalue weighted by Gasteiger charge is -2.43. The summed E-state index contributed by atoms with van der Waals surface area (Å²) >= 11 is 0. The minimum atomic E-state index is -2.69. The van der Waals surface area contributed by atoms with E-state index in [2.05, 4.69) is 25.1 Å². The largest absolute Gasteiger partial charge is 0.368 e. The van der Waals surface area contributed by atoms with Crippen molar-refractivity contribution < 1.29 is 17.6 Å². The van der Waals surface area contributed by atoms with E-state index in [1.54, 1.807) is 12.3 Å². The van der Waals surface area contributed by atoms with Gasteiger partial charge in [-0.1, -0.05) is 0 Å². The number of aromatic nitrogens is 5. The Kier molecular flexibility index (Phi) is 5.07. The van der Waals surface area contributed by atoms with Crippen LogP contribution in [0.1, 0.15) is 51.4 Å². The number of nitrogens with zero attached hydrogens (tertiary/aromatic N) is 5. The zero-order valence-electron chi connectivity index (χ0n) is 15.8. The lowest BCUT2D eigenvalue weighted by atomic mass is 9.86. The molecule has 0 atom stereocenters. The van der Waals surface area contributed by atoms with Crippen LogP contribution in [-0.4, -0.2) is 49.1 Å². The minimum Gasteiger partial charge on any atom is -0.368 e. The molecule has 0 aromatic carbocycles.